The summed E-state index contributed by atoms with van der Waals surface area (Å²) in [5, 5.41) is 15.9. The Kier molecular flexibility index (Phi) is 5.27. The molecule has 19 heavy (non-hydrogen) atoms. The van der Waals surface area contributed by atoms with E-state index in [1.165, 1.54) is 11.3 Å². The molecule has 0 spiro atoms. The largest absolute Gasteiger partial charge is 0.316 e. The van der Waals surface area contributed by atoms with Gasteiger partial charge in [0, 0.05) is 12.8 Å². The second kappa shape index (κ2) is 6.96. The zero-order valence-corrected chi connectivity index (χ0v) is 12.4. The Morgan fingerprint density at radius 3 is 3.05 bits per heavy atom. The molecule has 2 heterocycles. The minimum atomic E-state index is 0.0564. The van der Waals surface area contributed by atoms with Crippen LogP contribution in [0.4, 0.5) is 5.13 Å². The van der Waals surface area contributed by atoms with Crippen LogP contribution in [0.25, 0.3) is 0 Å². The highest BCUT2D eigenvalue weighted by atomic mass is 32.1. The van der Waals surface area contributed by atoms with Gasteiger partial charge in [0.05, 0.1) is 0 Å². The number of anilines is 1. The van der Waals surface area contributed by atoms with Crippen LogP contribution in [-0.4, -0.2) is 29.2 Å². The predicted octanol–water partition coefficient (Wildman–Crippen LogP) is 2.06. The molecule has 1 aliphatic rings. The first-order valence-corrected chi connectivity index (χ1v) is 7.78. The predicted molar refractivity (Wildman–Crippen MR) is 77.3 cm³/mol. The highest BCUT2D eigenvalue weighted by Gasteiger charge is 2.17. The van der Waals surface area contributed by atoms with E-state index in [0.717, 1.165) is 37.4 Å². The first kappa shape index (κ1) is 14.4. The van der Waals surface area contributed by atoms with Gasteiger partial charge in [-0.05, 0) is 37.8 Å². The average Bonchev–Trinajstić information content (AvgIpc) is 2.76. The van der Waals surface area contributed by atoms with Crippen LogP contribution >= 0.6 is 11.3 Å². The van der Waals surface area contributed by atoms with Crippen molar-refractivity contribution in [1.82, 2.24) is 15.5 Å². The monoisotopic (exact) mass is 282 g/mol. The Hall–Kier alpha value is -1.01. The van der Waals surface area contributed by atoms with E-state index < -0.39 is 0 Å². The first-order chi connectivity index (χ1) is 9.13. The van der Waals surface area contributed by atoms with Crippen LogP contribution in [0.3, 0.4) is 0 Å². The first-order valence-electron chi connectivity index (χ1n) is 6.96. The van der Waals surface area contributed by atoms with Gasteiger partial charge in [-0.3, -0.25) is 4.79 Å². The van der Waals surface area contributed by atoms with E-state index in [9.17, 15) is 4.79 Å². The van der Waals surface area contributed by atoms with Crippen LogP contribution in [0.2, 0.25) is 0 Å². The lowest BCUT2D eigenvalue weighted by molar-refractivity contribution is -0.117. The number of piperidine rings is 1. The smallest absolute Gasteiger partial charge is 0.226 e. The van der Waals surface area contributed by atoms with Crippen LogP contribution in [0, 0.1) is 11.8 Å². The normalized spacial score (nSPS) is 19.6. The second-order valence-electron chi connectivity index (χ2n) is 5.56. The van der Waals surface area contributed by atoms with Crippen LogP contribution in [0.5, 0.6) is 0 Å². The molecule has 1 aromatic heterocycles. The number of hydrogen-bond acceptors (Lipinski definition) is 5. The number of carbonyl (C=O) groups is 1. The lowest BCUT2D eigenvalue weighted by Gasteiger charge is -2.21. The maximum absolute atomic E-state index is 11.9. The van der Waals surface area contributed by atoms with Crippen molar-refractivity contribution in [2.75, 3.05) is 18.4 Å². The third-order valence-electron chi connectivity index (χ3n) is 3.17. The van der Waals surface area contributed by atoms with Gasteiger partial charge in [0.2, 0.25) is 11.0 Å². The summed E-state index contributed by atoms with van der Waals surface area (Å²) < 4.78 is 0. The zero-order chi connectivity index (χ0) is 13.7. The van der Waals surface area contributed by atoms with Gasteiger partial charge >= 0.3 is 0 Å². The summed E-state index contributed by atoms with van der Waals surface area (Å²) in [6, 6.07) is 0. The molecule has 1 atom stereocenters. The Bertz CT molecular complexity index is 413. The number of nitrogens with zero attached hydrogens (tertiary/aromatic N) is 2. The van der Waals surface area contributed by atoms with Gasteiger partial charge in [-0.25, -0.2) is 0 Å². The Morgan fingerprint density at radius 1 is 1.53 bits per heavy atom. The van der Waals surface area contributed by atoms with Gasteiger partial charge in [-0.15, -0.1) is 10.2 Å². The van der Waals surface area contributed by atoms with Crippen molar-refractivity contribution in [1.29, 1.82) is 0 Å². The molecule has 0 saturated carbocycles. The number of amides is 1. The third kappa shape index (κ3) is 4.87. The number of aromatic nitrogens is 2. The molecule has 5 nitrogen and oxygen atoms in total. The van der Waals surface area contributed by atoms with Gasteiger partial charge in [-0.1, -0.05) is 25.2 Å². The maximum Gasteiger partial charge on any atom is 0.226 e. The summed E-state index contributed by atoms with van der Waals surface area (Å²) in [6.07, 6.45) is 3.79. The highest BCUT2D eigenvalue weighted by molar-refractivity contribution is 7.15. The molecule has 1 aliphatic heterocycles. The topological polar surface area (TPSA) is 66.9 Å². The number of nitrogens with one attached hydrogen (secondary N) is 2. The molecule has 1 saturated heterocycles. The van der Waals surface area contributed by atoms with Crippen molar-refractivity contribution < 1.29 is 4.79 Å². The average molecular weight is 282 g/mol. The molecule has 0 radical (unpaired) electrons. The molecule has 1 aromatic rings. The number of carbonyl (C=O) groups excluding carboxylic acids is 1. The Morgan fingerprint density at radius 2 is 2.37 bits per heavy atom. The van der Waals surface area contributed by atoms with E-state index in [1.54, 1.807) is 0 Å². The third-order valence-corrected chi connectivity index (χ3v) is 4.03. The van der Waals surface area contributed by atoms with E-state index in [2.05, 4.69) is 34.7 Å². The lowest BCUT2D eigenvalue weighted by Crippen LogP contribution is -2.32. The number of hydrogen-bond donors (Lipinski definition) is 2. The van der Waals surface area contributed by atoms with Gasteiger partial charge in [0.25, 0.3) is 0 Å². The van der Waals surface area contributed by atoms with Crippen LogP contribution < -0.4 is 10.6 Å². The fraction of sp³-hybridized carbons (Fsp3) is 0.769. The molecular formula is C13H22N4OS. The minimum absolute atomic E-state index is 0.0564. The van der Waals surface area contributed by atoms with E-state index in [-0.39, 0.29) is 5.91 Å². The Balaban J connectivity index is 1.79. The van der Waals surface area contributed by atoms with Crippen molar-refractivity contribution in [3.05, 3.63) is 5.01 Å². The minimum Gasteiger partial charge on any atom is -0.316 e. The molecule has 0 aromatic carbocycles. The van der Waals surface area contributed by atoms with E-state index in [0.29, 0.717) is 23.4 Å². The van der Waals surface area contributed by atoms with E-state index >= 15 is 0 Å². The molecule has 2 rings (SSSR count). The maximum atomic E-state index is 11.9. The molecule has 2 N–H and O–H groups in total. The summed E-state index contributed by atoms with van der Waals surface area (Å²) in [7, 11) is 0. The summed E-state index contributed by atoms with van der Waals surface area (Å²) >= 11 is 1.48. The van der Waals surface area contributed by atoms with Crippen molar-refractivity contribution in [2.45, 2.75) is 39.5 Å². The Labute approximate surface area is 118 Å². The summed E-state index contributed by atoms with van der Waals surface area (Å²) in [6.45, 7) is 6.32. The number of rotatable bonds is 5. The van der Waals surface area contributed by atoms with E-state index in [1.807, 2.05) is 0 Å². The quantitative estimate of drug-likeness (QED) is 0.867. The van der Waals surface area contributed by atoms with Gasteiger partial charge in [0.1, 0.15) is 5.01 Å². The van der Waals surface area contributed by atoms with Crippen LogP contribution in [0.1, 0.15) is 38.1 Å². The summed E-state index contributed by atoms with van der Waals surface area (Å²) in [4.78, 5) is 11.9. The zero-order valence-electron chi connectivity index (χ0n) is 11.6. The molecule has 0 aliphatic carbocycles. The van der Waals surface area contributed by atoms with Gasteiger partial charge in [-0.2, -0.15) is 0 Å². The van der Waals surface area contributed by atoms with Crippen molar-refractivity contribution >= 4 is 22.4 Å². The summed E-state index contributed by atoms with van der Waals surface area (Å²) in [5.74, 6) is 1.07. The molecule has 0 bridgehead atoms. The van der Waals surface area contributed by atoms with Gasteiger partial charge < -0.3 is 10.6 Å². The molecule has 1 unspecified atom stereocenters. The fourth-order valence-electron chi connectivity index (χ4n) is 2.27. The highest BCUT2D eigenvalue weighted by Crippen LogP contribution is 2.20. The second-order valence-corrected chi connectivity index (χ2v) is 6.63. The summed E-state index contributed by atoms with van der Waals surface area (Å²) in [5.41, 5.74) is 0. The SMILES string of the molecule is CC(C)Cc1nnc(NC(=O)CC2CCCNC2)s1. The van der Waals surface area contributed by atoms with Crippen molar-refractivity contribution in [3.8, 4) is 0 Å². The van der Waals surface area contributed by atoms with Crippen molar-refractivity contribution in [2.24, 2.45) is 11.8 Å². The fourth-order valence-corrected chi connectivity index (χ4v) is 3.23. The van der Waals surface area contributed by atoms with Crippen LogP contribution in [-0.2, 0) is 11.2 Å². The molecule has 1 amide bonds. The van der Waals surface area contributed by atoms with Crippen molar-refractivity contribution in [3.63, 3.8) is 0 Å². The standard InChI is InChI=1S/C13H22N4OS/c1-9(2)6-12-16-17-13(19-12)15-11(18)7-10-4-3-5-14-8-10/h9-10,14H,3-8H2,1-2H3,(H,15,17,18). The van der Waals surface area contributed by atoms with Gasteiger partial charge in [0.15, 0.2) is 0 Å². The lowest BCUT2D eigenvalue weighted by atomic mass is 9.96. The molecule has 6 heteroatoms. The van der Waals surface area contributed by atoms with Crippen LogP contribution in [0.15, 0.2) is 0 Å². The molecular weight excluding hydrogens is 260 g/mol. The molecule has 106 valence electrons. The molecule has 1 fully saturated rings. The van der Waals surface area contributed by atoms with E-state index in [4.69, 9.17) is 0 Å².